The van der Waals surface area contributed by atoms with Gasteiger partial charge in [-0.25, -0.2) is 0 Å². The smallest absolute Gasteiger partial charge is 0.0362 e. The van der Waals surface area contributed by atoms with E-state index in [1.807, 2.05) is 11.3 Å². The maximum atomic E-state index is 2.40. The lowest BCUT2D eigenvalue weighted by molar-refractivity contribution is 1.64. The lowest BCUT2D eigenvalue weighted by Crippen LogP contribution is -1.92. The Kier molecular flexibility index (Phi) is 5.85. The first kappa shape index (κ1) is 26.5. The number of benzene rings is 9. The number of hydrogen-bond acceptors (Lipinski definition) is 1. The molecule has 0 atom stereocenters. The molecule has 0 fully saturated rings. The molecule has 10 aromatic rings. The fourth-order valence-corrected chi connectivity index (χ4v) is 8.89. The average molecular weight is 613 g/mol. The van der Waals surface area contributed by atoms with Crippen LogP contribution in [-0.4, -0.2) is 0 Å². The zero-order chi connectivity index (χ0) is 30.9. The van der Waals surface area contributed by atoms with Crippen LogP contribution < -0.4 is 0 Å². The molecule has 0 aliphatic carbocycles. The summed E-state index contributed by atoms with van der Waals surface area (Å²) in [5.74, 6) is 0. The van der Waals surface area contributed by atoms with Crippen LogP contribution in [0.1, 0.15) is 0 Å². The number of thiophene rings is 1. The van der Waals surface area contributed by atoms with Gasteiger partial charge < -0.3 is 0 Å². The Bertz CT molecular complexity index is 2790. The van der Waals surface area contributed by atoms with E-state index < -0.39 is 0 Å². The highest BCUT2D eigenvalue weighted by Gasteiger charge is 2.18. The predicted molar refractivity (Wildman–Crippen MR) is 206 cm³/mol. The Hall–Kier alpha value is -5.76. The van der Waals surface area contributed by atoms with Crippen molar-refractivity contribution in [3.63, 3.8) is 0 Å². The van der Waals surface area contributed by atoms with Crippen molar-refractivity contribution in [1.29, 1.82) is 0 Å². The van der Waals surface area contributed by atoms with Crippen LogP contribution in [0.5, 0.6) is 0 Å². The van der Waals surface area contributed by atoms with Gasteiger partial charge in [0.25, 0.3) is 0 Å². The molecular weight excluding hydrogens is 585 g/mol. The molecule has 1 heterocycles. The van der Waals surface area contributed by atoms with Crippen LogP contribution in [0.2, 0.25) is 0 Å². The van der Waals surface area contributed by atoms with E-state index in [1.54, 1.807) is 0 Å². The highest BCUT2D eigenvalue weighted by Crippen LogP contribution is 2.46. The molecule has 47 heavy (non-hydrogen) atoms. The molecule has 0 radical (unpaired) electrons. The minimum absolute atomic E-state index is 1.24. The normalized spacial score (nSPS) is 11.8. The van der Waals surface area contributed by atoms with Crippen LogP contribution in [0.4, 0.5) is 0 Å². The first-order chi connectivity index (χ1) is 23.3. The van der Waals surface area contributed by atoms with Crippen LogP contribution in [0.25, 0.3) is 96.6 Å². The third kappa shape index (κ3) is 4.07. The van der Waals surface area contributed by atoms with Crippen molar-refractivity contribution in [2.75, 3.05) is 0 Å². The molecule has 0 saturated carbocycles. The van der Waals surface area contributed by atoms with Crippen LogP contribution in [-0.2, 0) is 0 Å². The maximum Gasteiger partial charge on any atom is 0.0362 e. The average Bonchev–Trinajstić information content (AvgIpc) is 3.50. The molecule has 0 amide bonds. The van der Waals surface area contributed by atoms with E-state index in [-0.39, 0.29) is 0 Å². The van der Waals surface area contributed by atoms with Crippen molar-refractivity contribution in [1.82, 2.24) is 0 Å². The summed E-state index contributed by atoms with van der Waals surface area (Å²) < 4.78 is 2.68. The maximum absolute atomic E-state index is 2.40. The number of fused-ring (bicyclic) bond motifs is 7. The summed E-state index contributed by atoms with van der Waals surface area (Å²) in [6.07, 6.45) is 0. The summed E-state index contributed by atoms with van der Waals surface area (Å²) in [4.78, 5) is 0. The van der Waals surface area contributed by atoms with E-state index in [2.05, 4.69) is 170 Å². The third-order valence-corrected chi connectivity index (χ3v) is 11.0. The molecule has 0 aliphatic heterocycles. The van der Waals surface area contributed by atoms with Gasteiger partial charge in [0.05, 0.1) is 0 Å². The molecule has 218 valence electrons. The largest absolute Gasteiger partial charge is 0.135 e. The zero-order valence-electron chi connectivity index (χ0n) is 25.6. The first-order valence-electron chi connectivity index (χ1n) is 16.2. The van der Waals surface area contributed by atoms with Crippen LogP contribution in [0.15, 0.2) is 170 Å². The predicted octanol–water partition coefficient (Wildman–Crippen LogP) is 13.7. The molecule has 10 rings (SSSR count). The second-order valence-electron chi connectivity index (χ2n) is 12.4. The molecule has 0 bridgehead atoms. The molecule has 0 spiro atoms. The Balaban J connectivity index is 1.23. The second kappa shape index (κ2) is 10.4. The number of rotatable bonds is 3. The summed E-state index contributed by atoms with van der Waals surface area (Å²) in [7, 11) is 0. The second-order valence-corrected chi connectivity index (χ2v) is 13.5. The van der Waals surface area contributed by atoms with Crippen LogP contribution in [0, 0.1) is 0 Å². The highest BCUT2D eigenvalue weighted by atomic mass is 32.1. The minimum Gasteiger partial charge on any atom is -0.135 e. The zero-order valence-corrected chi connectivity index (χ0v) is 26.4. The Morgan fingerprint density at radius 1 is 0.277 bits per heavy atom. The van der Waals surface area contributed by atoms with Gasteiger partial charge in [0.1, 0.15) is 0 Å². The highest BCUT2D eigenvalue weighted by molar-refractivity contribution is 7.25. The molecule has 9 aromatic carbocycles. The van der Waals surface area contributed by atoms with Gasteiger partial charge in [-0.1, -0.05) is 146 Å². The van der Waals surface area contributed by atoms with Gasteiger partial charge in [-0.3, -0.25) is 0 Å². The fourth-order valence-electron chi connectivity index (χ4n) is 7.76. The van der Waals surface area contributed by atoms with E-state index in [1.165, 1.54) is 96.6 Å². The molecule has 0 unspecified atom stereocenters. The molecule has 1 aromatic heterocycles. The van der Waals surface area contributed by atoms with E-state index in [4.69, 9.17) is 0 Å². The SMILES string of the molecule is c1cc(-c2cccc3cc4c(cc23)sc2ccccc24)cc(-c2c3ccccc3c(-c3cccc4ccccc34)c3ccccc23)c1. The van der Waals surface area contributed by atoms with Gasteiger partial charge in [0, 0.05) is 20.2 Å². The van der Waals surface area contributed by atoms with Crippen molar-refractivity contribution >= 4 is 74.6 Å². The van der Waals surface area contributed by atoms with Gasteiger partial charge in [-0.2, -0.15) is 0 Å². The summed E-state index contributed by atoms with van der Waals surface area (Å²) >= 11 is 1.88. The summed E-state index contributed by atoms with van der Waals surface area (Å²) in [6, 6.07) is 62.8. The van der Waals surface area contributed by atoms with Crippen LogP contribution >= 0.6 is 11.3 Å². The standard InChI is InChI=1S/C46H28S/c1-2-17-33-29(12-1)13-10-24-36(33)46-39-21-5-3-19-37(39)45(38-20-4-6-22-40(38)46)32-16-9-14-30(26-32)34-23-11-15-31-27-42-35-18-7-8-25-43(35)47-44(42)28-41(31)34/h1-28H. The van der Waals surface area contributed by atoms with Gasteiger partial charge in [-0.05, 0) is 101 Å². The first-order valence-corrected chi connectivity index (χ1v) is 17.0. The monoisotopic (exact) mass is 612 g/mol. The lowest BCUT2D eigenvalue weighted by atomic mass is 9.84. The van der Waals surface area contributed by atoms with E-state index in [0.717, 1.165) is 0 Å². The molecule has 0 aliphatic rings. The van der Waals surface area contributed by atoms with E-state index in [9.17, 15) is 0 Å². The third-order valence-electron chi connectivity index (χ3n) is 9.83. The molecule has 0 nitrogen and oxygen atoms in total. The van der Waals surface area contributed by atoms with Gasteiger partial charge >= 0.3 is 0 Å². The summed E-state index contributed by atoms with van der Waals surface area (Å²) in [5, 5.41) is 12.9. The Morgan fingerprint density at radius 2 is 0.830 bits per heavy atom. The number of hydrogen-bond donors (Lipinski definition) is 0. The summed E-state index contributed by atoms with van der Waals surface area (Å²) in [6.45, 7) is 0. The van der Waals surface area contributed by atoms with E-state index in [0.29, 0.717) is 0 Å². The van der Waals surface area contributed by atoms with Crippen molar-refractivity contribution in [2.45, 2.75) is 0 Å². The van der Waals surface area contributed by atoms with Crippen molar-refractivity contribution in [2.24, 2.45) is 0 Å². The fraction of sp³-hybridized carbons (Fsp3) is 0. The van der Waals surface area contributed by atoms with Gasteiger partial charge in [-0.15, -0.1) is 11.3 Å². The summed E-state index contributed by atoms with van der Waals surface area (Å²) in [5.41, 5.74) is 7.60. The molecule has 0 N–H and O–H groups in total. The Morgan fingerprint density at radius 3 is 1.60 bits per heavy atom. The Labute approximate surface area is 276 Å². The molecule has 1 heteroatoms. The van der Waals surface area contributed by atoms with Crippen molar-refractivity contribution in [3.8, 4) is 33.4 Å². The topological polar surface area (TPSA) is 0 Å². The molecule has 0 saturated heterocycles. The molecular formula is C46H28S. The quantitative estimate of drug-likeness (QED) is 0.174. The minimum atomic E-state index is 1.24. The van der Waals surface area contributed by atoms with Crippen molar-refractivity contribution in [3.05, 3.63) is 170 Å². The van der Waals surface area contributed by atoms with Gasteiger partial charge in [0.15, 0.2) is 0 Å². The lowest BCUT2D eigenvalue weighted by Gasteiger charge is -2.19. The van der Waals surface area contributed by atoms with Crippen molar-refractivity contribution < 1.29 is 0 Å². The van der Waals surface area contributed by atoms with Gasteiger partial charge in [0.2, 0.25) is 0 Å². The van der Waals surface area contributed by atoms with E-state index >= 15 is 0 Å². The van der Waals surface area contributed by atoms with Crippen LogP contribution in [0.3, 0.4) is 0 Å².